The fraction of sp³-hybridized carbons (Fsp3) is 0.238. The molecule has 0 amide bonds. The predicted octanol–water partition coefficient (Wildman–Crippen LogP) is 6.76. The van der Waals surface area contributed by atoms with Crippen molar-refractivity contribution in [3.8, 4) is 5.75 Å². The van der Waals surface area contributed by atoms with Crippen LogP contribution in [0.15, 0.2) is 54.1 Å². The Morgan fingerprint density at radius 2 is 1.92 bits per heavy atom. The van der Waals surface area contributed by atoms with E-state index in [1.165, 1.54) is 0 Å². The zero-order chi connectivity index (χ0) is 18.6. The highest BCUT2D eigenvalue weighted by Gasteiger charge is 2.09. The molecule has 0 spiro atoms. The van der Waals surface area contributed by atoms with Gasteiger partial charge in [0.15, 0.2) is 0 Å². The lowest BCUT2D eigenvalue weighted by Crippen LogP contribution is -2.02. The summed E-state index contributed by atoms with van der Waals surface area (Å²) in [6, 6.07) is 10.8. The van der Waals surface area contributed by atoms with Gasteiger partial charge in [0.25, 0.3) is 0 Å². The third kappa shape index (κ3) is 5.43. The van der Waals surface area contributed by atoms with Crippen LogP contribution < -0.4 is 4.74 Å². The summed E-state index contributed by atoms with van der Waals surface area (Å²) >= 11 is 6.30. The molecule has 0 aromatic heterocycles. The summed E-state index contributed by atoms with van der Waals surface area (Å²) in [4.78, 5) is 0. The Morgan fingerprint density at radius 1 is 1.20 bits per heavy atom. The normalized spacial score (nSPS) is 11.7. The van der Waals surface area contributed by atoms with E-state index in [2.05, 4.69) is 17.4 Å². The predicted molar refractivity (Wildman–Crippen MR) is 100 cm³/mol. The third-order valence-electron chi connectivity index (χ3n) is 3.93. The molecule has 0 fully saturated rings. The maximum atomic E-state index is 12.3. The molecule has 1 nitrogen and oxygen atoms in total. The smallest absolute Gasteiger partial charge is 0.387 e. The number of benzene rings is 2. The fourth-order valence-electron chi connectivity index (χ4n) is 2.54. The van der Waals surface area contributed by atoms with Crippen molar-refractivity contribution in [1.29, 1.82) is 0 Å². The Balaban J connectivity index is 2.34. The van der Waals surface area contributed by atoms with Crippen molar-refractivity contribution in [3.05, 3.63) is 81.4 Å². The molecule has 0 radical (unpaired) electrons. The van der Waals surface area contributed by atoms with Crippen molar-refractivity contribution >= 4 is 17.7 Å². The molecule has 132 valence electrons. The molecular formula is C21H21ClF2O. The summed E-state index contributed by atoms with van der Waals surface area (Å²) in [5.74, 6) is 0.156. The van der Waals surface area contributed by atoms with Crippen LogP contribution >= 0.6 is 11.6 Å². The molecule has 0 aliphatic heterocycles. The second kappa shape index (κ2) is 8.30. The van der Waals surface area contributed by atoms with Gasteiger partial charge in [-0.3, -0.25) is 0 Å². The molecular weight excluding hydrogens is 342 g/mol. The third-order valence-corrected chi connectivity index (χ3v) is 4.30. The van der Waals surface area contributed by atoms with E-state index in [0.717, 1.165) is 38.4 Å². The van der Waals surface area contributed by atoms with Gasteiger partial charge in [0.2, 0.25) is 0 Å². The minimum absolute atomic E-state index is 0.156. The van der Waals surface area contributed by atoms with Crippen molar-refractivity contribution in [2.75, 3.05) is 0 Å². The van der Waals surface area contributed by atoms with Crippen molar-refractivity contribution < 1.29 is 13.5 Å². The molecule has 0 saturated carbocycles. The number of halogens is 3. The summed E-state index contributed by atoms with van der Waals surface area (Å²) in [5.41, 5.74) is 5.94. The topological polar surface area (TPSA) is 9.23 Å². The average Bonchev–Trinajstić information content (AvgIpc) is 2.51. The number of rotatable bonds is 6. The van der Waals surface area contributed by atoms with Crippen LogP contribution in [0.3, 0.4) is 0 Å². The zero-order valence-electron chi connectivity index (χ0n) is 14.6. The van der Waals surface area contributed by atoms with E-state index in [4.69, 9.17) is 11.6 Å². The van der Waals surface area contributed by atoms with Crippen molar-refractivity contribution in [1.82, 2.24) is 0 Å². The summed E-state index contributed by atoms with van der Waals surface area (Å²) in [6.45, 7) is 7.06. The molecule has 0 saturated heterocycles. The van der Waals surface area contributed by atoms with Crippen LogP contribution in [0.25, 0.3) is 6.08 Å². The van der Waals surface area contributed by atoms with Crippen LogP contribution in [-0.2, 0) is 6.42 Å². The van der Waals surface area contributed by atoms with Crippen LogP contribution in [-0.4, -0.2) is 6.61 Å². The highest BCUT2D eigenvalue weighted by molar-refractivity contribution is 6.31. The number of hydrogen-bond acceptors (Lipinski definition) is 1. The second-order valence-corrected chi connectivity index (χ2v) is 6.53. The van der Waals surface area contributed by atoms with E-state index in [-0.39, 0.29) is 5.75 Å². The quantitative estimate of drug-likeness (QED) is 0.516. The Labute approximate surface area is 152 Å². The summed E-state index contributed by atoms with van der Waals surface area (Å²) < 4.78 is 29.1. The minimum atomic E-state index is -2.82. The molecule has 2 rings (SSSR count). The van der Waals surface area contributed by atoms with Gasteiger partial charge in [-0.1, -0.05) is 53.6 Å². The van der Waals surface area contributed by atoms with Gasteiger partial charge in [-0.05, 0) is 67.7 Å². The van der Waals surface area contributed by atoms with Crippen LogP contribution in [0.1, 0.15) is 29.2 Å². The van der Waals surface area contributed by atoms with Crippen molar-refractivity contribution in [3.63, 3.8) is 0 Å². The minimum Gasteiger partial charge on any atom is -0.435 e. The Bertz CT molecular complexity index is 810. The van der Waals surface area contributed by atoms with Gasteiger partial charge in [0.05, 0.1) is 0 Å². The number of alkyl halides is 2. The lowest BCUT2D eigenvalue weighted by atomic mass is 9.95. The van der Waals surface area contributed by atoms with E-state index >= 15 is 0 Å². The van der Waals surface area contributed by atoms with E-state index in [1.54, 1.807) is 18.2 Å². The summed E-state index contributed by atoms with van der Waals surface area (Å²) in [5, 5.41) is 0.718. The SMILES string of the molecule is C=C(C)/C(=C\c1ccc(OC(F)F)cc1C)Cc1cc(C)ccc1Cl. The first kappa shape index (κ1) is 19.2. The molecule has 0 aliphatic carbocycles. The van der Waals surface area contributed by atoms with Crippen LogP contribution in [0.5, 0.6) is 5.75 Å². The van der Waals surface area contributed by atoms with Crippen LogP contribution in [0.2, 0.25) is 5.02 Å². The molecule has 0 unspecified atom stereocenters. The van der Waals surface area contributed by atoms with Crippen molar-refractivity contribution in [2.45, 2.75) is 33.8 Å². The highest BCUT2D eigenvalue weighted by atomic mass is 35.5. The van der Waals surface area contributed by atoms with E-state index in [1.807, 2.05) is 39.0 Å². The molecule has 0 N–H and O–H groups in total. The zero-order valence-corrected chi connectivity index (χ0v) is 15.3. The van der Waals surface area contributed by atoms with Gasteiger partial charge >= 0.3 is 6.61 Å². The van der Waals surface area contributed by atoms with E-state index in [0.29, 0.717) is 6.42 Å². The lowest BCUT2D eigenvalue weighted by Gasteiger charge is -2.12. The Kier molecular flexibility index (Phi) is 6.38. The molecule has 4 heteroatoms. The van der Waals surface area contributed by atoms with Gasteiger partial charge in [-0.2, -0.15) is 8.78 Å². The highest BCUT2D eigenvalue weighted by Crippen LogP contribution is 2.27. The molecule has 25 heavy (non-hydrogen) atoms. The first-order chi connectivity index (χ1) is 11.8. The van der Waals surface area contributed by atoms with Gasteiger partial charge in [-0.25, -0.2) is 0 Å². The molecule has 0 heterocycles. The summed E-state index contributed by atoms with van der Waals surface area (Å²) in [7, 11) is 0. The largest absolute Gasteiger partial charge is 0.435 e. The number of allylic oxidation sites excluding steroid dienone is 2. The fourth-order valence-corrected chi connectivity index (χ4v) is 2.73. The van der Waals surface area contributed by atoms with Crippen molar-refractivity contribution in [2.24, 2.45) is 0 Å². The monoisotopic (exact) mass is 362 g/mol. The molecule has 2 aromatic rings. The standard InChI is InChI=1S/C21H21ClF2O/c1-13(2)17(12-18-9-14(3)5-8-20(18)22)11-16-6-7-19(10-15(16)4)25-21(23)24/h5-11,21H,1,12H2,2-4H3/b17-11-. The van der Waals surface area contributed by atoms with Gasteiger partial charge in [-0.15, -0.1) is 0 Å². The number of hydrogen-bond donors (Lipinski definition) is 0. The Morgan fingerprint density at radius 3 is 2.52 bits per heavy atom. The molecule has 0 aliphatic rings. The lowest BCUT2D eigenvalue weighted by molar-refractivity contribution is -0.0498. The average molecular weight is 363 g/mol. The second-order valence-electron chi connectivity index (χ2n) is 6.12. The van der Waals surface area contributed by atoms with Gasteiger partial charge in [0.1, 0.15) is 5.75 Å². The van der Waals surface area contributed by atoms with Crippen LogP contribution in [0, 0.1) is 13.8 Å². The molecule has 0 atom stereocenters. The van der Waals surface area contributed by atoms with Crippen LogP contribution in [0.4, 0.5) is 8.78 Å². The summed E-state index contributed by atoms with van der Waals surface area (Å²) in [6.07, 6.45) is 2.67. The van der Waals surface area contributed by atoms with E-state index < -0.39 is 6.61 Å². The molecule has 0 bridgehead atoms. The first-order valence-corrected chi connectivity index (χ1v) is 8.31. The van der Waals surface area contributed by atoms with Gasteiger partial charge < -0.3 is 4.74 Å². The van der Waals surface area contributed by atoms with E-state index in [9.17, 15) is 8.78 Å². The molecule has 2 aromatic carbocycles. The maximum absolute atomic E-state index is 12.3. The van der Waals surface area contributed by atoms with Gasteiger partial charge in [0, 0.05) is 5.02 Å². The first-order valence-electron chi connectivity index (χ1n) is 7.93. The number of ether oxygens (including phenoxy) is 1. The number of aryl methyl sites for hydroxylation is 2. The Hall–Kier alpha value is -2.13. The maximum Gasteiger partial charge on any atom is 0.387 e.